The van der Waals surface area contributed by atoms with E-state index in [9.17, 15) is 19.2 Å². The molecule has 0 aliphatic carbocycles. The Hall–Kier alpha value is -5.60. The van der Waals surface area contributed by atoms with Gasteiger partial charge in [-0.1, -0.05) is 78.5 Å². The van der Waals surface area contributed by atoms with Crippen molar-refractivity contribution in [3.05, 3.63) is 137 Å². The smallest absolute Gasteiger partial charge is 0.356 e. The van der Waals surface area contributed by atoms with E-state index in [0.717, 1.165) is 28.0 Å². The number of nitrogens with one attached hydrogen (secondary N) is 2. The Balaban J connectivity index is 1.21. The molecule has 0 spiro atoms. The maximum absolute atomic E-state index is 13.9. The van der Waals surface area contributed by atoms with E-state index in [-0.39, 0.29) is 28.8 Å². The molecule has 1 unspecified atom stereocenters. The summed E-state index contributed by atoms with van der Waals surface area (Å²) < 4.78 is 7.96. The van der Waals surface area contributed by atoms with E-state index in [2.05, 4.69) is 27.4 Å². The number of esters is 1. The zero-order valence-corrected chi connectivity index (χ0v) is 27.9. The Morgan fingerprint density at radius 2 is 1.84 bits per heavy atom. The third kappa shape index (κ3) is 7.29. The molecule has 2 aromatic heterocycles. The second kappa shape index (κ2) is 15.1. The van der Waals surface area contributed by atoms with Crippen molar-refractivity contribution in [2.24, 2.45) is 12.2 Å². The van der Waals surface area contributed by atoms with Crippen molar-refractivity contribution >= 4 is 58.1 Å². The lowest BCUT2D eigenvalue weighted by Crippen LogP contribution is -2.71. The van der Waals surface area contributed by atoms with Gasteiger partial charge < -0.3 is 20.2 Å². The number of anilines is 1. The van der Waals surface area contributed by atoms with E-state index < -0.39 is 35.3 Å². The minimum atomic E-state index is -0.977. The minimum Gasteiger partial charge on any atom is -0.448 e. The van der Waals surface area contributed by atoms with E-state index in [0.29, 0.717) is 17.7 Å². The molecule has 2 N–H and O–H groups in total. The molecule has 14 heteroatoms. The van der Waals surface area contributed by atoms with E-state index in [1.165, 1.54) is 16.7 Å². The van der Waals surface area contributed by atoms with Gasteiger partial charge in [0.2, 0.25) is 6.41 Å². The predicted molar refractivity (Wildman–Crippen MR) is 184 cm³/mol. The summed E-state index contributed by atoms with van der Waals surface area (Å²) in [6, 6.07) is 21.4. The highest BCUT2D eigenvalue weighted by Gasteiger charge is 2.54. The summed E-state index contributed by atoms with van der Waals surface area (Å²) >= 11 is 2.48. The molecule has 2 aliphatic heterocycles. The molecule has 2 atom stereocenters. The molecule has 4 heterocycles. The molecule has 4 aromatic rings. The second-order valence-electron chi connectivity index (χ2n) is 10.9. The Labute approximate surface area is 290 Å². The number of pyridine rings is 1. The standard InChI is InChI=1S/C35H30N6O6S2/c1-3-23-19-48-33-28(32(44)41(33)29(23)34(45)47-30(24-12-6-4-7-13-24)25-14-8-5-9-15-25)38-31(43)27(26-20-49-35(37-26)36-21-42)39-46-18-22-11-10-16-40(2)17-22/h3-17,20-21,28,30,33H,1,18-19H2,2H3,(H-,36,37,38,42,43)/p+1/t28?,33-/m0/s1. The number of amides is 3. The molecule has 12 nitrogen and oxygen atoms in total. The number of hydrogen-bond donors (Lipinski definition) is 2. The van der Waals surface area contributed by atoms with Gasteiger partial charge in [-0.25, -0.2) is 14.3 Å². The first-order valence-electron chi connectivity index (χ1n) is 15.1. The largest absolute Gasteiger partial charge is 0.448 e. The van der Waals surface area contributed by atoms with Gasteiger partial charge in [0.1, 0.15) is 36.5 Å². The zero-order chi connectivity index (χ0) is 34.3. The summed E-state index contributed by atoms with van der Waals surface area (Å²) in [4.78, 5) is 63.4. The number of carbonyl (C=O) groups is 4. The summed E-state index contributed by atoms with van der Waals surface area (Å²) in [5, 5.41) is 10.5. The lowest BCUT2D eigenvalue weighted by molar-refractivity contribution is -0.672. The lowest BCUT2D eigenvalue weighted by atomic mass is 10.0. The summed E-state index contributed by atoms with van der Waals surface area (Å²) in [5.74, 6) is -1.53. The van der Waals surface area contributed by atoms with Crippen LogP contribution < -0.4 is 15.2 Å². The highest BCUT2D eigenvalue weighted by Crippen LogP contribution is 2.42. The van der Waals surface area contributed by atoms with Crippen LogP contribution in [0.25, 0.3) is 0 Å². The fraction of sp³-hybridized carbons (Fsp3) is 0.171. The molecule has 0 saturated carbocycles. The number of nitrogens with zero attached hydrogens (tertiary/aromatic N) is 4. The van der Waals surface area contributed by atoms with Gasteiger partial charge in [-0.2, -0.15) is 0 Å². The topological polar surface area (TPSA) is 143 Å². The van der Waals surface area contributed by atoms with Crippen LogP contribution in [-0.2, 0) is 42.4 Å². The number of aromatic nitrogens is 2. The normalized spacial score (nSPS) is 17.1. The highest BCUT2D eigenvalue weighted by atomic mass is 32.2. The van der Waals surface area contributed by atoms with Crippen LogP contribution in [0.1, 0.15) is 28.5 Å². The van der Waals surface area contributed by atoms with Crippen molar-refractivity contribution < 1.29 is 33.3 Å². The Morgan fingerprint density at radius 1 is 1.12 bits per heavy atom. The lowest BCUT2D eigenvalue weighted by Gasteiger charge is -2.49. The highest BCUT2D eigenvalue weighted by molar-refractivity contribution is 8.00. The molecule has 2 aromatic carbocycles. The van der Waals surface area contributed by atoms with Gasteiger partial charge in [0, 0.05) is 17.2 Å². The number of rotatable bonds is 13. The van der Waals surface area contributed by atoms with Crippen molar-refractivity contribution in [2.75, 3.05) is 11.1 Å². The molecule has 2 aliphatic rings. The molecule has 0 bridgehead atoms. The van der Waals surface area contributed by atoms with Gasteiger partial charge in [0.15, 0.2) is 29.3 Å². The fourth-order valence-corrected chi connectivity index (χ4v) is 7.35. The third-order valence-corrected chi connectivity index (χ3v) is 9.76. The average molecular weight is 696 g/mol. The molecule has 1 saturated heterocycles. The number of thioether (sulfide) groups is 1. The number of allylic oxidation sites excluding steroid dienone is 1. The molecule has 6 rings (SSSR count). The quantitative estimate of drug-likeness (QED) is 0.0540. The molecule has 3 amide bonds. The first kappa shape index (κ1) is 33.3. The second-order valence-corrected chi connectivity index (χ2v) is 12.9. The van der Waals surface area contributed by atoms with E-state index in [4.69, 9.17) is 9.57 Å². The molecular weight excluding hydrogens is 665 g/mol. The van der Waals surface area contributed by atoms with Crippen LogP contribution in [0.3, 0.4) is 0 Å². The van der Waals surface area contributed by atoms with Gasteiger partial charge >= 0.3 is 5.97 Å². The van der Waals surface area contributed by atoms with Crippen LogP contribution in [0.15, 0.2) is 120 Å². The van der Waals surface area contributed by atoms with Crippen molar-refractivity contribution in [2.45, 2.75) is 24.1 Å². The van der Waals surface area contributed by atoms with Gasteiger partial charge in [0.25, 0.3) is 11.8 Å². The van der Waals surface area contributed by atoms with Crippen LogP contribution in [0.5, 0.6) is 0 Å². The van der Waals surface area contributed by atoms with Crippen molar-refractivity contribution in [1.29, 1.82) is 0 Å². The number of oxime groups is 1. The first-order valence-corrected chi connectivity index (χ1v) is 17.0. The number of hydrogen-bond acceptors (Lipinski definition) is 10. The summed E-state index contributed by atoms with van der Waals surface area (Å²) in [6.45, 7) is 3.93. The van der Waals surface area contributed by atoms with Gasteiger partial charge in [-0.3, -0.25) is 19.3 Å². The van der Waals surface area contributed by atoms with Crippen LogP contribution in [0.2, 0.25) is 0 Å². The van der Waals surface area contributed by atoms with Crippen LogP contribution >= 0.6 is 23.1 Å². The Bertz CT molecular complexity index is 1910. The number of β-lactam (4-membered cyclic amide) rings is 1. The number of carbonyl (C=O) groups excluding carboxylic acids is 4. The van der Waals surface area contributed by atoms with Gasteiger partial charge in [-0.05, 0) is 22.8 Å². The van der Waals surface area contributed by atoms with E-state index in [1.807, 2.05) is 96.8 Å². The maximum Gasteiger partial charge on any atom is 0.356 e. The van der Waals surface area contributed by atoms with Gasteiger partial charge in [0.05, 0.1) is 5.56 Å². The van der Waals surface area contributed by atoms with Crippen LogP contribution in [0, 0.1) is 0 Å². The summed E-state index contributed by atoms with van der Waals surface area (Å²) in [6.07, 6.45) is 5.02. The average Bonchev–Trinajstić information content (AvgIpc) is 3.59. The number of fused-ring (bicyclic) bond motifs is 1. The molecule has 1 fully saturated rings. The van der Waals surface area contributed by atoms with Crippen LogP contribution in [-0.4, -0.2) is 57.0 Å². The Kier molecular flexibility index (Phi) is 10.3. The Morgan fingerprint density at radius 3 is 2.49 bits per heavy atom. The molecular formula is C35H31N6O6S2+. The van der Waals surface area contributed by atoms with E-state index >= 15 is 0 Å². The van der Waals surface area contributed by atoms with Crippen LogP contribution in [0.4, 0.5) is 5.13 Å². The third-order valence-electron chi connectivity index (χ3n) is 7.69. The predicted octanol–water partition coefficient (Wildman–Crippen LogP) is 3.63. The van der Waals surface area contributed by atoms with Crippen molar-refractivity contribution in [3.63, 3.8) is 0 Å². The number of benzene rings is 2. The zero-order valence-electron chi connectivity index (χ0n) is 26.2. The fourth-order valence-electron chi connectivity index (χ4n) is 5.36. The number of thiazole rings is 1. The summed E-state index contributed by atoms with van der Waals surface area (Å²) in [7, 11) is 1.87. The van der Waals surface area contributed by atoms with Crippen molar-refractivity contribution in [3.8, 4) is 0 Å². The molecule has 248 valence electrons. The summed E-state index contributed by atoms with van der Waals surface area (Å²) in [5.41, 5.74) is 2.95. The molecule has 0 radical (unpaired) electrons. The van der Waals surface area contributed by atoms with E-state index in [1.54, 1.807) is 11.5 Å². The number of ether oxygens (including phenoxy) is 1. The van der Waals surface area contributed by atoms with Gasteiger partial charge in [-0.15, -0.1) is 23.1 Å². The molecule has 49 heavy (non-hydrogen) atoms. The SMILES string of the molecule is C=CC1=C(C(=O)OC(c2ccccc2)c2ccccc2)N2C(=O)C(NC(=O)C(=NOCc3ccc[n+](C)c3)c3csc(NC=O)n3)[C@@H]2SC1. The van der Waals surface area contributed by atoms with Crippen molar-refractivity contribution in [1.82, 2.24) is 15.2 Å². The minimum absolute atomic E-state index is 0.0667. The first-order chi connectivity index (χ1) is 23.9. The number of aryl methyl sites for hydroxylation is 1. The monoisotopic (exact) mass is 695 g/mol. The maximum atomic E-state index is 13.9.